The Morgan fingerprint density at radius 1 is 1.29 bits per heavy atom. The molecule has 0 amide bonds. The number of aliphatic hydroxyl groups is 2. The van der Waals surface area contributed by atoms with Crippen LogP contribution in [0.5, 0.6) is 5.75 Å². The van der Waals surface area contributed by atoms with Crippen molar-refractivity contribution in [2.75, 3.05) is 6.61 Å². The average molecular weight is 580 g/mol. The molecule has 2 aromatic rings. The molecule has 1 aliphatic rings. The van der Waals surface area contributed by atoms with Crippen LogP contribution in [0.3, 0.4) is 0 Å². The number of nitrogens with one attached hydrogen (secondary N) is 2. The summed E-state index contributed by atoms with van der Waals surface area (Å²) >= 11 is 5.86. The van der Waals surface area contributed by atoms with Crippen LogP contribution in [0.2, 0.25) is 5.02 Å². The fourth-order valence-electron chi connectivity index (χ4n) is 3.53. The van der Waals surface area contributed by atoms with Gasteiger partial charge in [-0.3, -0.25) is 23.7 Å². The third-order valence-corrected chi connectivity index (χ3v) is 7.28. The highest BCUT2D eigenvalue weighted by atomic mass is 35.5. The molecule has 2 unspecified atom stereocenters. The van der Waals surface area contributed by atoms with Crippen LogP contribution >= 0.6 is 19.3 Å². The second kappa shape index (κ2) is 11.3. The van der Waals surface area contributed by atoms with Gasteiger partial charge in [0.1, 0.15) is 30.1 Å². The van der Waals surface area contributed by atoms with Gasteiger partial charge in [-0.05, 0) is 52.0 Å². The van der Waals surface area contributed by atoms with Gasteiger partial charge in [-0.2, -0.15) is 5.09 Å². The number of H-pyrrole nitrogens is 1. The van der Waals surface area contributed by atoms with Gasteiger partial charge in [-0.1, -0.05) is 11.6 Å². The molecule has 1 aromatic heterocycles. The zero-order valence-corrected chi connectivity index (χ0v) is 22.4. The van der Waals surface area contributed by atoms with Crippen molar-refractivity contribution < 1.29 is 42.5 Å². The number of nitrogens with zero attached hydrogens (tertiary/aromatic N) is 1. The molecule has 210 valence electrons. The average Bonchev–Trinajstić information content (AvgIpc) is 2.99. The summed E-state index contributed by atoms with van der Waals surface area (Å²) < 4.78 is 51.1. The van der Waals surface area contributed by atoms with Gasteiger partial charge in [0.2, 0.25) is 0 Å². The van der Waals surface area contributed by atoms with Crippen LogP contribution in [0.15, 0.2) is 46.1 Å². The van der Waals surface area contributed by atoms with Crippen LogP contribution in [0, 0.1) is 0 Å². The maximum atomic E-state index is 15.9. The number of aromatic amines is 1. The Morgan fingerprint density at radius 2 is 1.92 bits per heavy atom. The lowest BCUT2D eigenvalue weighted by Gasteiger charge is -2.29. The van der Waals surface area contributed by atoms with E-state index >= 15 is 4.39 Å². The van der Waals surface area contributed by atoms with Crippen LogP contribution in [-0.2, 0) is 23.4 Å². The van der Waals surface area contributed by atoms with E-state index in [1.807, 2.05) is 4.98 Å². The number of rotatable bonds is 10. The van der Waals surface area contributed by atoms with Gasteiger partial charge in [0, 0.05) is 17.3 Å². The third kappa shape index (κ3) is 6.70. The summed E-state index contributed by atoms with van der Waals surface area (Å²) in [4.78, 5) is 37.8. The number of aliphatic hydroxyl groups excluding tert-OH is 1. The molecule has 1 aromatic carbocycles. The highest BCUT2D eigenvalue weighted by molar-refractivity contribution is 7.52. The molecule has 4 N–H and O–H groups in total. The first-order valence-corrected chi connectivity index (χ1v) is 13.2. The summed E-state index contributed by atoms with van der Waals surface area (Å²) in [5.41, 5.74) is -4.21. The van der Waals surface area contributed by atoms with Crippen LogP contribution < -0.4 is 20.9 Å². The van der Waals surface area contributed by atoms with Crippen molar-refractivity contribution in [1.82, 2.24) is 14.6 Å². The second-order valence-electron chi connectivity index (χ2n) is 9.05. The summed E-state index contributed by atoms with van der Waals surface area (Å²) in [7, 11) is -4.60. The maximum Gasteiger partial charge on any atom is 0.459 e. The molecule has 0 bridgehead atoms. The van der Waals surface area contributed by atoms with E-state index < -0.39 is 67.5 Å². The van der Waals surface area contributed by atoms with E-state index in [2.05, 4.69) is 5.09 Å². The number of esters is 1. The van der Waals surface area contributed by atoms with Gasteiger partial charge in [0.15, 0.2) is 6.23 Å². The van der Waals surface area contributed by atoms with E-state index in [1.54, 1.807) is 13.8 Å². The molecule has 1 aliphatic heterocycles. The standard InChI is InChI=1S/C22H28ClFN3O10P/c1-12(2)35-17(29)13(3)26-38(33,37-15-7-5-14(23)6-8-15)34-11-22(24)18(30)21(4,32)19(36-22)27-10-9-16(28)25-20(27)31/h5-10,12-13,18-19,30,32H,11H2,1-4H3,(H,26,33)(H,25,28,31)/t13?,18-,19+,21+,22+,38?/m0/s1. The first-order chi connectivity index (χ1) is 17.6. The minimum atomic E-state index is -4.60. The number of benzene rings is 1. The zero-order valence-electron chi connectivity index (χ0n) is 20.8. The Labute approximate surface area is 221 Å². The summed E-state index contributed by atoms with van der Waals surface area (Å²) in [6, 6.07) is 5.19. The Bertz CT molecular complexity index is 1320. The van der Waals surface area contributed by atoms with Crippen molar-refractivity contribution in [2.45, 2.75) is 63.6 Å². The molecule has 6 atom stereocenters. The number of ether oxygens (including phenoxy) is 2. The van der Waals surface area contributed by atoms with Crippen molar-refractivity contribution in [3.8, 4) is 5.75 Å². The highest BCUT2D eigenvalue weighted by Gasteiger charge is 2.63. The molecule has 1 saturated heterocycles. The Hall–Kier alpha value is -2.58. The molecule has 16 heteroatoms. The first-order valence-electron chi connectivity index (χ1n) is 11.3. The molecule has 0 aliphatic carbocycles. The lowest BCUT2D eigenvalue weighted by Crippen LogP contribution is -2.50. The van der Waals surface area contributed by atoms with Gasteiger partial charge in [-0.25, -0.2) is 13.8 Å². The van der Waals surface area contributed by atoms with E-state index in [1.165, 1.54) is 31.2 Å². The smallest absolute Gasteiger partial charge is 0.459 e. The molecule has 0 radical (unpaired) electrons. The Morgan fingerprint density at radius 3 is 2.50 bits per heavy atom. The topological polar surface area (TPSA) is 178 Å². The Kier molecular flexibility index (Phi) is 8.88. The summed E-state index contributed by atoms with van der Waals surface area (Å²) in [6.07, 6.45) is -3.69. The van der Waals surface area contributed by atoms with Crippen LogP contribution in [-0.4, -0.2) is 62.0 Å². The number of aromatic nitrogens is 2. The minimum absolute atomic E-state index is 0.0277. The number of carbonyl (C=O) groups excluding carboxylic acids is 1. The van der Waals surface area contributed by atoms with Crippen molar-refractivity contribution in [2.24, 2.45) is 0 Å². The summed E-state index contributed by atoms with van der Waals surface area (Å²) in [5, 5.41) is 24.0. The monoisotopic (exact) mass is 579 g/mol. The van der Waals surface area contributed by atoms with Crippen molar-refractivity contribution in [3.05, 3.63) is 62.4 Å². The van der Waals surface area contributed by atoms with E-state index in [9.17, 15) is 29.2 Å². The van der Waals surface area contributed by atoms with E-state index in [-0.39, 0.29) is 5.75 Å². The van der Waals surface area contributed by atoms with E-state index in [0.29, 0.717) is 9.59 Å². The zero-order chi connectivity index (χ0) is 28.5. The number of hydrogen-bond acceptors (Lipinski definition) is 10. The fourth-order valence-corrected chi connectivity index (χ4v) is 5.16. The predicted octanol–water partition coefficient (Wildman–Crippen LogP) is 1.63. The largest absolute Gasteiger partial charge is 0.462 e. The summed E-state index contributed by atoms with van der Waals surface area (Å²) in [6.45, 7) is 4.22. The molecular formula is C22H28ClFN3O10P. The molecule has 0 saturated carbocycles. The van der Waals surface area contributed by atoms with Crippen LogP contribution in [0.1, 0.15) is 33.9 Å². The highest BCUT2D eigenvalue weighted by Crippen LogP contribution is 2.50. The third-order valence-electron chi connectivity index (χ3n) is 5.40. The lowest BCUT2D eigenvalue weighted by atomic mass is 9.95. The predicted molar refractivity (Wildman–Crippen MR) is 131 cm³/mol. The SMILES string of the molecule is CC(C)OC(=O)C(C)NP(=O)(OC[C@@]1(F)O[C@@H](n2ccc(=O)[nH]c2=O)[C@](C)(O)[C@@H]1O)Oc1ccc(Cl)cc1. The normalized spacial score (nSPS) is 27.6. The summed E-state index contributed by atoms with van der Waals surface area (Å²) in [5.74, 6) is -4.07. The van der Waals surface area contributed by atoms with Gasteiger partial charge in [0.25, 0.3) is 11.4 Å². The molecule has 1 fully saturated rings. The van der Waals surface area contributed by atoms with Crippen LogP contribution in [0.25, 0.3) is 0 Å². The van der Waals surface area contributed by atoms with Gasteiger partial charge in [-0.15, -0.1) is 0 Å². The quantitative estimate of drug-likeness (QED) is 0.237. The van der Waals surface area contributed by atoms with Crippen LogP contribution in [0.4, 0.5) is 4.39 Å². The fraction of sp³-hybridized carbons (Fsp3) is 0.500. The van der Waals surface area contributed by atoms with E-state index in [0.717, 1.165) is 19.2 Å². The molecule has 3 rings (SSSR count). The molecule has 13 nitrogen and oxygen atoms in total. The molecular weight excluding hydrogens is 552 g/mol. The number of hydrogen-bond donors (Lipinski definition) is 4. The maximum absolute atomic E-state index is 15.9. The van der Waals surface area contributed by atoms with Gasteiger partial charge in [0.05, 0.1) is 6.10 Å². The van der Waals surface area contributed by atoms with Crippen molar-refractivity contribution in [3.63, 3.8) is 0 Å². The first kappa shape index (κ1) is 30.0. The minimum Gasteiger partial charge on any atom is -0.462 e. The van der Waals surface area contributed by atoms with Gasteiger partial charge >= 0.3 is 19.4 Å². The molecule has 0 spiro atoms. The molecule has 38 heavy (non-hydrogen) atoms. The lowest BCUT2D eigenvalue weighted by molar-refractivity contribution is -0.204. The number of alkyl halides is 1. The number of carbonyl (C=O) groups is 1. The van der Waals surface area contributed by atoms with Crippen molar-refractivity contribution in [1.29, 1.82) is 0 Å². The Balaban J connectivity index is 1.87. The molecule has 2 heterocycles. The van der Waals surface area contributed by atoms with E-state index in [4.69, 9.17) is 30.1 Å². The number of halogens is 2. The van der Waals surface area contributed by atoms with Crippen molar-refractivity contribution >= 4 is 25.3 Å². The van der Waals surface area contributed by atoms with Gasteiger partial charge < -0.3 is 24.2 Å². The second-order valence-corrected chi connectivity index (χ2v) is 11.2.